The highest BCUT2D eigenvalue weighted by Crippen LogP contribution is 2.42. The maximum absolute atomic E-state index is 11.8. The number of halogens is 1. The van der Waals surface area contributed by atoms with Crippen molar-refractivity contribution in [3.63, 3.8) is 0 Å². The number of primary amides is 1. The van der Waals surface area contributed by atoms with Gasteiger partial charge in [-0.1, -0.05) is 23.7 Å². The van der Waals surface area contributed by atoms with E-state index in [4.69, 9.17) is 22.1 Å². The van der Waals surface area contributed by atoms with Gasteiger partial charge in [0.15, 0.2) is 0 Å². The van der Waals surface area contributed by atoms with Crippen LogP contribution in [0.5, 0.6) is 0 Å². The zero-order valence-electron chi connectivity index (χ0n) is 14.1. The fourth-order valence-electron chi connectivity index (χ4n) is 3.86. The van der Waals surface area contributed by atoms with Gasteiger partial charge in [0.25, 0.3) is 0 Å². The quantitative estimate of drug-likeness (QED) is 0.889. The molecule has 1 amide bonds. The SMILES string of the molecule is COC1CCC(C(N)=O)CC1C(c1ccc(Cl)cc1)c1cnccn1. The molecule has 4 unspecified atom stereocenters. The van der Waals surface area contributed by atoms with Gasteiger partial charge in [-0.3, -0.25) is 14.8 Å². The first kappa shape index (κ1) is 17.8. The molecule has 0 bridgehead atoms. The zero-order valence-corrected chi connectivity index (χ0v) is 14.9. The van der Waals surface area contributed by atoms with E-state index < -0.39 is 0 Å². The second kappa shape index (κ2) is 7.93. The van der Waals surface area contributed by atoms with Gasteiger partial charge in [0, 0.05) is 42.6 Å². The molecule has 1 aromatic carbocycles. The number of rotatable bonds is 5. The lowest BCUT2D eigenvalue weighted by molar-refractivity contribution is -0.125. The minimum absolute atomic E-state index is 0.0296. The molecule has 0 spiro atoms. The Morgan fingerprint density at radius 1 is 1.28 bits per heavy atom. The van der Waals surface area contributed by atoms with Crippen LogP contribution in [-0.2, 0) is 9.53 Å². The second-order valence-corrected chi connectivity index (χ2v) is 6.95. The van der Waals surface area contributed by atoms with E-state index in [9.17, 15) is 4.79 Å². The van der Waals surface area contributed by atoms with Crippen molar-refractivity contribution in [2.45, 2.75) is 31.3 Å². The maximum atomic E-state index is 11.8. The Morgan fingerprint density at radius 2 is 2.04 bits per heavy atom. The lowest BCUT2D eigenvalue weighted by Gasteiger charge is -2.39. The fraction of sp³-hybridized carbons (Fsp3) is 0.421. The van der Waals surface area contributed by atoms with Crippen LogP contribution in [0.3, 0.4) is 0 Å². The van der Waals surface area contributed by atoms with Gasteiger partial charge >= 0.3 is 0 Å². The number of hydrogen-bond donors (Lipinski definition) is 1. The summed E-state index contributed by atoms with van der Waals surface area (Å²) in [6.45, 7) is 0. The summed E-state index contributed by atoms with van der Waals surface area (Å²) < 4.78 is 5.75. The first-order valence-electron chi connectivity index (χ1n) is 8.43. The van der Waals surface area contributed by atoms with Gasteiger partial charge < -0.3 is 10.5 Å². The van der Waals surface area contributed by atoms with Gasteiger partial charge in [0.2, 0.25) is 5.91 Å². The minimum atomic E-state index is -0.242. The maximum Gasteiger partial charge on any atom is 0.220 e. The molecule has 4 atom stereocenters. The molecular formula is C19H22ClN3O2. The van der Waals surface area contributed by atoms with Crippen molar-refractivity contribution < 1.29 is 9.53 Å². The summed E-state index contributed by atoms with van der Waals surface area (Å²) in [6.07, 6.45) is 7.41. The lowest BCUT2D eigenvalue weighted by atomic mass is 9.70. The molecule has 1 fully saturated rings. The molecule has 2 aromatic rings. The first-order valence-corrected chi connectivity index (χ1v) is 8.81. The molecule has 6 heteroatoms. The van der Waals surface area contributed by atoms with Crippen molar-refractivity contribution in [3.8, 4) is 0 Å². The molecule has 3 rings (SSSR count). The van der Waals surface area contributed by atoms with Gasteiger partial charge in [-0.2, -0.15) is 0 Å². The third-order valence-electron chi connectivity index (χ3n) is 5.10. The Balaban J connectivity index is 2.02. The Bertz CT molecular complexity index is 708. The molecule has 1 aliphatic rings. The van der Waals surface area contributed by atoms with E-state index in [0.29, 0.717) is 11.4 Å². The minimum Gasteiger partial charge on any atom is -0.381 e. The van der Waals surface area contributed by atoms with Crippen molar-refractivity contribution in [3.05, 3.63) is 59.1 Å². The van der Waals surface area contributed by atoms with Crippen LogP contribution in [0.4, 0.5) is 0 Å². The van der Waals surface area contributed by atoms with Crippen molar-refractivity contribution in [2.24, 2.45) is 17.6 Å². The van der Waals surface area contributed by atoms with E-state index >= 15 is 0 Å². The monoisotopic (exact) mass is 359 g/mol. The molecule has 1 aliphatic carbocycles. The van der Waals surface area contributed by atoms with Crippen LogP contribution >= 0.6 is 11.6 Å². The van der Waals surface area contributed by atoms with Crippen molar-refractivity contribution >= 4 is 17.5 Å². The predicted molar refractivity (Wildman–Crippen MR) is 96.1 cm³/mol. The number of hydrogen-bond acceptors (Lipinski definition) is 4. The Kier molecular flexibility index (Phi) is 5.66. The number of ether oxygens (including phenoxy) is 1. The number of nitrogens with zero attached hydrogens (tertiary/aromatic N) is 2. The number of benzene rings is 1. The van der Waals surface area contributed by atoms with Crippen molar-refractivity contribution in [1.82, 2.24) is 9.97 Å². The molecular weight excluding hydrogens is 338 g/mol. The molecule has 1 aromatic heterocycles. The van der Waals surface area contributed by atoms with E-state index in [1.165, 1.54) is 0 Å². The molecule has 132 valence electrons. The van der Waals surface area contributed by atoms with E-state index in [0.717, 1.165) is 24.1 Å². The number of methoxy groups -OCH3 is 1. The molecule has 25 heavy (non-hydrogen) atoms. The average molecular weight is 360 g/mol. The molecule has 0 saturated heterocycles. The normalized spacial score (nSPS) is 24.6. The third kappa shape index (κ3) is 3.99. The summed E-state index contributed by atoms with van der Waals surface area (Å²) in [5, 5.41) is 0.684. The highest BCUT2D eigenvalue weighted by Gasteiger charge is 2.39. The molecule has 0 aliphatic heterocycles. The standard InChI is InChI=1S/C19H22ClN3O2/c1-25-17-7-4-13(19(21)24)10-15(17)18(16-11-22-8-9-23-16)12-2-5-14(20)6-3-12/h2-3,5-6,8-9,11,13,15,17-18H,4,7,10H2,1H3,(H2,21,24). The van der Waals surface area contributed by atoms with Crippen LogP contribution in [0.2, 0.25) is 5.02 Å². The number of nitrogens with two attached hydrogens (primary N) is 1. The van der Waals surface area contributed by atoms with Gasteiger partial charge in [0.05, 0.1) is 11.8 Å². The highest BCUT2D eigenvalue weighted by atomic mass is 35.5. The Labute approximate surface area is 152 Å². The second-order valence-electron chi connectivity index (χ2n) is 6.51. The molecule has 1 heterocycles. The van der Waals surface area contributed by atoms with E-state index in [1.54, 1.807) is 25.7 Å². The third-order valence-corrected chi connectivity index (χ3v) is 5.35. The largest absolute Gasteiger partial charge is 0.381 e. The highest BCUT2D eigenvalue weighted by molar-refractivity contribution is 6.30. The van der Waals surface area contributed by atoms with E-state index in [1.807, 2.05) is 24.3 Å². The average Bonchev–Trinajstić information content (AvgIpc) is 2.64. The summed E-state index contributed by atoms with van der Waals surface area (Å²) in [6, 6.07) is 7.75. The summed E-state index contributed by atoms with van der Waals surface area (Å²) in [4.78, 5) is 20.5. The van der Waals surface area contributed by atoms with E-state index in [-0.39, 0.29) is 29.8 Å². The number of carbonyl (C=O) groups excluding carboxylic acids is 1. The topological polar surface area (TPSA) is 78.1 Å². The van der Waals surface area contributed by atoms with Gasteiger partial charge in [0.1, 0.15) is 0 Å². The summed E-state index contributed by atoms with van der Waals surface area (Å²) in [5.74, 6) is -0.316. The van der Waals surface area contributed by atoms with Crippen LogP contribution in [0.15, 0.2) is 42.9 Å². The van der Waals surface area contributed by atoms with Crippen LogP contribution in [0.25, 0.3) is 0 Å². The van der Waals surface area contributed by atoms with Gasteiger partial charge in [-0.25, -0.2) is 0 Å². The van der Waals surface area contributed by atoms with Crippen LogP contribution in [0.1, 0.15) is 36.4 Å². The van der Waals surface area contributed by atoms with Crippen LogP contribution in [0, 0.1) is 11.8 Å². The first-order chi connectivity index (χ1) is 12.1. The smallest absolute Gasteiger partial charge is 0.220 e. The molecule has 0 radical (unpaired) electrons. The van der Waals surface area contributed by atoms with E-state index in [2.05, 4.69) is 9.97 Å². The van der Waals surface area contributed by atoms with Crippen LogP contribution < -0.4 is 5.73 Å². The fourth-order valence-corrected chi connectivity index (χ4v) is 3.98. The van der Waals surface area contributed by atoms with Crippen molar-refractivity contribution in [2.75, 3.05) is 7.11 Å². The molecule has 1 saturated carbocycles. The molecule has 2 N–H and O–H groups in total. The number of amides is 1. The Morgan fingerprint density at radius 3 is 2.64 bits per heavy atom. The zero-order chi connectivity index (χ0) is 17.8. The molecule has 5 nitrogen and oxygen atoms in total. The van der Waals surface area contributed by atoms with Crippen molar-refractivity contribution in [1.29, 1.82) is 0 Å². The summed E-state index contributed by atoms with van der Waals surface area (Å²) in [5.41, 5.74) is 7.54. The summed E-state index contributed by atoms with van der Waals surface area (Å²) >= 11 is 6.05. The Hall–Kier alpha value is -1.98. The lowest BCUT2D eigenvalue weighted by Crippen LogP contribution is -2.39. The predicted octanol–water partition coefficient (Wildman–Crippen LogP) is 3.18. The number of aromatic nitrogens is 2. The van der Waals surface area contributed by atoms with Gasteiger partial charge in [-0.05, 0) is 42.9 Å². The number of carbonyl (C=O) groups is 1. The van der Waals surface area contributed by atoms with Gasteiger partial charge in [-0.15, -0.1) is 0 Å². The van der Waals surface area contributed by atoms with Crippen LogP contribution in [-0.4, -0.2) is 29.1 Å². The summed E-state index contributed by atoms with van der Waals surface area (Å²) in [7, 11) is 1.72.